The third-order valence-corrected chi connectivity index (χ3v) is 4.74. The van der Waals surface area contributed by atoms with Gasteiger partial charge in [0.1, 0.15) is 0 Å². The summed E-state index contributed by atoms with van der Waals surface area (Å²) in [6.07, 6.45) is 14.5. The molecule has 0 heterocycles. The van der Waals surface area contributed by atoms with E-state index in [1.165, 1.54) is 38.5 Å². The molecule has 6 heteroatoms. The van der Waals surface area contributed by atoms with Crippen molar-refractivity contribution in [2.75, 3.05) is 6.16 Å². The Bertz CT molecular complexity index is 314. The van der Waals surface area contributed by atoms with Crippen molar-refractivity contribution in [3.8, 4) is 0 Å². The smallest absolute Gasteiger partial charge is 0.325 e. The highest BCUT2D eigenvalue weighted by Gasteiger charge is 2.10. The lowest BCUT2D eigenvalue weighted by atomic mass is 10.0. The van der Waals surface area contributed by atoms with E-state index in [0.717, 1.165) is 38.5 Å². The van der Waals surface area contributed by atoms with Crippen LogP contribution in [0.15, 0.2) is 0 Å². The van der Waals surface area contributed by atoms with Gasteiger partial charge in [0.2, 0.25) is 0 Å². The monoisotopic (exact) mass is 336 g/mol. The molecule has 0 unspecified atom stereocenters. The molecule has 5 nitrogen and oxygen atoms in total. The lowest BCUT2D eigenvalue weighted by molar-refractivity contribution is -0.137. The van der Waals surface area contributed by atoms with Crippen LogP contribution < -0.4 is 0 Å². The lowest BCUT2D eigenvalue weighted by Crippen LogP contribution is -1.93. The van der Waals surface area contributed by atoms with Crippen LogP contribution in [-0.2, 0) is 9.36 Å². The average molecular weight is 336 g/mol. The van der Waals surface area contributed by atoms with Gasteiger partial charge in [-0.15, -0.1) is 0 Å². The standard InChI is InChI=1S/C16H33O5P/c17-16(18)14-12-10-8-6-4-2-1-3-5-7-9-11-13-15-22(19,20)21/h1-15H2,(H,17,18)(H2,19,20,21). The van der Waals surface area contributed by atoms with E-state index < -0.39 is 13.6 Å². The molecule has 0 fully saturated rings. The molecule has 0 rings (SSSR count). The predicted octanol–water partition coefficient (Wildman–Crippen LogP) is 4.71. The van der Waals surface area contributed by atoms with Crippen LogP contribution in [0.25, 0.3) is 0 Å². The van der Waals surface area contributed by atoms with E-state index in [0.29, 0.717) is 12.8 Å². The van der Waals surface area contributed by atoms with Gasteiger partial charge in [0.15, 0.2) is 0 Å². The Balaban J connectivity index is 3.06. The second-order valence-electron chi connectivity index (χ2n) is 6.13. The van der Waals surface area contributed by atoms with Gasteiger partial charge in [-0.2, -0.15) is 0 Å². The highest BCUT2D eigenvalue weighted by atomic mass is 31.2. The van der Waals surface area contributed by atoms with Crippen LogP contribution in [0.3, 0.4) is 0 Å². The minimum atomic E-state index is -3.78. The summed E-state index contributed by atoms with van der Waals surface area (Å²) >= 11 is 0. The number of aliphatic carboxylic acids is 1. The topological polar surface area (TPSA) is 94.8 Å². The highest BCUT2D eigenvalue weighted by Crippen LogP contribution is 2.35. The molecular weight excluding hydrogens is 303 g/mol. The van der Waals surface area contributed by atoms with Gasteiger partial charge in [-0.1, -0.05) is 70.6 Å². The first-order chi connectivity index (χ1) is 10.4. The van der Waals surface area contributed by atoms with Crippen LogP contribution in [0.1, 0.15) is 89.9 Å². The zero-order valence-corrected chi connectivity index (χ0v) is 14.6. The number of carboxylic acid groups (broad SMARTS) is 1. The molecule has 132 valence electrons. The summed E-state index contributed by atoms with van der Waals surface area (Å²) in [7, 11) is -3.78. The normalized spacial score (nSPS) is 11.7. The van der Waals surface area contributed by atoms with Gasteiger partial charge in [0.05, 0.1) is 0 Å². The van der Waals surface area contributed by atoms with Crippen molar-refractivity contribution in [1.82, 2.24) is 0 Å². The fourth-order valence-corrected chi connectivity index (χ4v) is 3.17. The summed E-state index contributed by atoms with van der Waals surface area (Å²) in [5.74, 6) is -0.693. The Morgan fingerprint density at radius 2 is 0.955 bits per heavy atom. The number of carboxylic acids is 1. The zero-order valence-electron chi connectivity index (χ0n) is 13.7. The molecule has 0 amide bonds. The van der Waals surface area contributed by atoms with Crippen molar-refractivity contribution in [2.45, 2.75) is 89.9 Å². The quantitative estimate of drug-likeness (QED) is 0.280. The highest BCUT2D eigenvalue weighted by molar-refractivity contribution is 7.51. The molecule has 0 aliphatic rings. The third-order valence-electron chi connectivity index (χ3n) is 3.84. The van der Waals surface area contributed by atoms with Gasteiger partial charge in [-0.3, -0.25) is 9.36 Å². The van der Waals surface area contributed by atoms with E-state index in [-0.39, 0.29) is 6.16 Å². The molecule has 22 heavy (non-hydrogen) atoms. The lowest BCUT2D eigenvalue weighted by Gasteiger charge is -2.04. The SMILES string of the molecule is O=C(O)CCCCCCCCCCCCCCCP(=O)(O)O. The van der Waals surface area contributed by atoms with E-state index in [1.807, 2.05) is 0 Å². The largest absolute Gasteiger partial charge is 0.481 e. The molecule has 0 aliphatic heterocycles. The van der Waals surface area contributed by atoms with E-state index in [9.17, 15) is 9.36 Å². The Morgan fingerprint density at radius 3 is 1.27 bits per heavy atom. The molecule has 0 saturated heterocycles. The number of unbranched alkanes of at least 4 members (excludes halogenated alkanes) is 12. The van der Waals surface area contributed by atoms with Crippen LogP contribution in [0.5, 0.6) is 0 Å². The zero-order chi connectivity index (χ0) is 16.7. The van der Waals surface area contributed by atoms with Gasteiger partial charge in [0.25, 0.3) is 0 Å². The minimum absolute atomic E-state index is 0.0272. The minimum Gasteiger partial charge on any atom is -0.481 e. The van der Waals surface area contributed by atoms with Crippen LogP contribution in [0, 0.1) is 0 Å². The van der Waals surface area contributed by atoms with E-state index >= 15 is 0 Å². The van der Waals surface area contributed by atoms with Crippen molar-refractivity contribution >= 4 is 13.6 Å². The first-order valence-electron chi connectivity index (χ1n) is 8.68. The van der Waals surface area contributed by atoms with Crippen LogP contribution in [0.2, 0.25) is 0 Å². The molecule has 0 atom stereocenters. The van der Waals surface area contributed by atoms with Crippen LogP contribution in [0.4, 0.5) is 0 Å². The van der Waals surface area contributed by atoms with Crippen molar-refractivity contribution in [1.29, 1.82) is 0 Å². The number of rotatable bonds is 16. The molecule has 0 aromatic heterocycles. The maximum absolute atomic E-state index is 10.6. The Labute approximate surface area is 134 Å². The molecule has 0 aromatic carbocycles. The predicted molar refractivity (Wildman–Crippen MR) is 89.2 cm³/mol. The molecule has 0 aliphatic carbocycles. The fraction of sp³-hybridized carbons (Fsp3) is 0.938. The van der Waals surface area contributed by atoms with Gasteiger partial charge >= 0.3 is 13.6 Å². The van der Waals surface area contributed by atoms with Crippen LogP contribution in [-0.4, -0.2) is 27.0 Å². The average Bonchev–Trinajstić information content (AvgIpc) is 2.41. The summed E-state index contributed by atoms with van der Waals surface area (Å²) in [6.45, 7) is 0. The van der Waals surface area contributed by atoms with Gasteiger partial charge < -0.3 is 14.9 Å². The molecule has 3 N–H and O–H groups in total. The second-order valence-corrected chi connectivity index (χ2v) is 7.90. The number of hydrogen-bond acceptors (Lipinski definition) is 2. The Morgan fingerprint density at radius 1 is 0.636 bits per heavy atom. The van der Waals surface area contributed by atoms with Gasteiger partial charge in [-0.25, -0.2) is 0 Å². The first-order valence-corrected chi connectivity index (χ1v) is 10.5. The third kappa shape index (κ3) is 19.6. The van der Waals surface area contributed by atoms with E-state index in [1.54, 1.807) is 0 Å². The molecule has 0 saturated carbocycles. The van der Waals surface area contributed by atoms with Crippen LogP contribution >= 0.6 is 7.60 Å². The molecule has 0 aromatic rings. The summed E-state index contributed by atoms with van der Waals surface area (Å²) in [5, 5.41) is 8.51. The number of carbonyl (C=O) groups is 1. The first kappa shape index (κ1) is 21.6. The van der Waals surface area contributed by atoms with E-state index in [4.69, 9.17) is 14.9 Å². The Hall–Kier alpha value is -0.380. The van der Waals surface area contributed by atoms with Crippen molar-refractivity contribution < 1.29 is 24.3 Å². The number of hydrogen-bond donors (Lipinski definition) is 3. The fourth-order valence-electron chi connectivity index (χ4n) is 2.54. The summed E-state index contributed by atoms with van der Waals surface area (Å²) in [5.41, 5.74) is 0. The van der Waals surface area contributed by atoms with Crippen molar-refractivity contribution in [3.63, 3.8) is 0 Å². The summed E-state index contributed by atoms with van der Waals surface area (Å²) in [4.78, 5) is 27.8. The van der Waals surface area contributed by atoms with E-state index in [2.05, 4.69) is 0 Å². The molecule has 0 bridgehead atoms. The summed E-state index contributed by atoms with van der Waals surface area (Å²) in [6, 6.07) is 0. The summed E-state index contributed by atoms with van der Waals surface area (Å²) < 4.78 is 10.6. The maximum atomic E-state index is 10.6. The Kier molecular flexibility index (Phi) is 14.0. The molecule has 0 spiro atoms. The van der Waals surface area contributed by atoms with Crippen molar-refractivity contribution in [2.24, 2.45) is 0 Å². The van der Waals surface area contributed by atoms with Gasteiger partial charge in [-0.05, 0) is 12.8 Å². The maximum Gasteiger partial charge on any atom is 0.325 e. The van der Waals surface area contributed by atoms with Crippen molar-refractivity contribution in [3.05, 3.63) is 0 Å². The molecule has 0 radical (unpaired) electrons. The molecular formula is C16H33O5P. The van der Waals surface area contributed by atoms with Gasteiger partial charge in [0, 0.05) is 12.6 Å². The second kappa shape index (κ2) is 14.2.